The maximum atomic E-state index is 13.0. The highest BCUT2D eigenvalue weighted by Crippen LogP contribution is 2.28. The summed E-state index contributed by atoms with van der Waals surface area (Å²) in [5.74, 6) is -5.57. The summed E-state index contributed by atoms with van der Waals surface area (Å²) in [6.45, 7) is 0.239. The number of alkyl halides is 4. The standard InChI is InChI=1S/C12H19F4N5/c13-11(14)1-5-20(6-2-11)9(17)19-10(18)21-7-3-12(15,16)4-8-21/h1-8H2,(H3,17,18,19). The van der Waals surface area contributed by atoms with Crippen molar-refractivity contribution in [3.63, 3.8) is 0 Å². The normalized spacial score (nSPS) is 25.8. The maximum absolute atomic E-state index is 13.0. The van der Waals surface area contributed by atoms with Crippen LogP contribution in [0, 0.1) is 5.41 Å². The highest BCUT2D eigenvalue weighted by Gasteiger charge is 2.36. The third kappa shape index (κ3) is 4.21. The second-order valence-electron chi connectivity index (χ2n) is 5.48. The second-order valence-corrected chi connectivity index (χ2v) is 5.48. The van der Waals surface area contributed by atoms with E-state index in [1.54, 1.807) is 0 Å². The van der Waals surface area contributed by atoms with E-state index in [0.717, 1.165) is 0 Å². The number of nitrogens with two attached hydrogens (primary N) is 1. The molecule has 2 aliphatic rings. The Labute approximate surface area is 120 Å². The lowest BCUT2D eigenvalue weighted by atomic mass is 10.1. The van der Waals surface area contributed by atoms with Crippen LogP contribution in [0.1, 0.15) is 25.7 Å². The fourth-order valence-corrected chi connectivity index (χ4v) is 2.36. The van der Waals surface area contributed by atoms with E-state index in [0.29, 0.717) is 0 Å². The van der Waals surface area contributed by atoms with Gasteiger partial charge in [-0.3, -0.25) is 5.41 Å². The number of halogens is 4. The SMILES string of the molecule is N=C(N=C(N)N1CCC(F)(F)CC1)N1CCC(F)(F)CC1. The van der Waals surface area contributed by atoms with E-state index in [9.17, 15) is 17.6 Å². The lowest BCUT2D eigenvalue weighted by Gasteiger charge is -2.34. The summed E-state index contributed by atoms with van der Waals surface area (Å²) in [6.07, 6.45) is -1.24. The van der Waals surface area contributed by atoms with Gasteiger partial charge in [-0.15, -0.1) is 0 Å². The number of hydrogen-bond donors (Lipinski definition) is 2. The summed E-state index contributed by atoms with van der Waals surface area (Å²) in [5, 5.41) is 7.78. The van der Waals surface area contributed by atoms with Gasteiger partial charge in [0.05, 0.1) is 0 Å². The van der Waals surface area contributed by atoms with Gasteiger partial charge in [0.1, 0.15) is 0 Å². The molecule has 0 radical (unpaired) electrons. The van der Waals surface area contributed by atoms with Crippen LogP contribution in [-0.4, -0.2) is 59.7 Å². The van der Waals surface area contributed by atoms with Gasteiger partial charge in [-0.1, -0.05) is 0 Å². The van der Waals surface area contributed by atoms with Crippen molar-refractivity contribution in [3.05, 3.63) is 0 Å². The quantitative estimate of drug-likeness (QED) is 0.406. The van der Waals surface area contributed by atoms with Crippen molar-refractivity contribution in [1.82, 2.24) is 9.80 Å². The summed E-state index contributed by atoms with van der Waals surface area (Å²) in [7, 11) is 0. The van der Waals surface area contributed by atoms with Gasteiger partial charge in [-0.25, -0.2) is 17.6 Å². The van der Waals surface area contributed by atoms with Crippen LogP contribution in [0.15, 0.2) is 4.99 Å². The van der Waals surface area contributed by atoms with Gasteiger partial charge >= 0.3 is 0 Å². The molecule has 0 aromatic rings. The molecule has 3 N–H and O–H groups in total. The number of guanidine groups is 2. The Kier molecular flexibility index (Phi) is 4.29. The molecule has 9 heteroatoms. The van der Waals surface area contributed by atoms with E-state index in [2.05, 4.69) is 4.99 Å². The average Bonchev–Trinajstić information content (AvgIpc) is 2.38. The third-order valence-corrected chi connectivity index (χ3v) is 3.83. The first kappa shape index (κ1) is 15.8. The fraction of sp³-hybridized carbons (Fsp3) is 0.833. The van der Waals surface area contributed by atoms with Crippen LogP contribution < -0.4 is 5.73 Å². The Balaban J connectivity index is 1.89. The molecule has 0 aliphatic carbocycles. The van der Waals surface area contributed by atoms with Gasteiger partial charge in [0, 0.05) is 51.9 Å². The van der Waals surface area contributed by atoms with Crippen molar-refractivity contribution in [1.29, 1.82) is 5.41 Å². The number of nitrogens with zero attached hydrogens (tertiary/aromatic N) is 3. The number of nitrogens with one attached hydrogen (secondary N) is 1. The van der Waals surface area contributed by atoms with Crippen molar-refractivity contribution >= 4 is 11.9 Å². The number of likely N-dealkylation sites (tertiary alicyclic amines) is 2. The molecule has 2 rings (SSSR count). The maximum Gasteiger partial charge on any atom is 0.251 e. The molecule has 5 nitrogen and oxygen atoms in total. The molecule has 2 heterocycles. The van der Waals surface area contributed by atoms with E-state index >= 15 is 0 Å². The van der Waals surface area contributed by atoms with Crippen molar-refractivity contribution in [2.45, 2.75) is 37.5 Å². The minimum atomic E-state index is -2.69. The monoisotopic (exact) mass is 309 g/mol. The van der Waals surface area contributed by atoms with E-state index in [-0.39, 0.29) is 63.8 Å². The Morgan fingerprint density at radius 3 is 1.67 bits per heavy atom. The summed E-state index contributed by atoms with van der Waals surface area (Å²) in [4.78, 5) is 6.77. The molecule has 0 spiro atoms. The highest BCUT2D eigenvalue weighted by atomic mass is 19.3. The van der Waals surface area contributed by atoms with Crippen LogP contribution in [0.3, 0.4) is 0 Å². The Bertz CT molecular complexity index is 417. The van der Waals surface area contributed by atoms with Crippen molar-refractivity contribution in [3.8, 4) is 0 Å². The van der Waals surface area contributed by atoms with Crippen LogP contribution in [0.2, 0.25) is 0 Å². The molecular weight excluding hydrogens is 290 g/mol. The van der Waals surface area contributed by atoms with Crippen LogP contribution in [0.5, 0.6) is 0 Å². The van der Waals surface area contributed by atoms with Crippen LogP contribution in [-0.2, 0) is 0 Å². The van der Waals surface area contributed by atoms with Gasteiger partial charge in [-0.2, -0.15) is 4.99 Å². The number of piperidine rings is 2. The Morgan fingerprint density at radius 2 is 1.24 bits per heavy atom. The van der Waals surface area contributed by atoms with Crippen LogP contribution in [0.4, 0.5) is 17.6 Å². The van der Waals surface area contributed by atoms with Crippen LogP contribution in [0.25, 0.3) is 0 Å². The molecule has 0 bridgehead atoms. The van der Waals surface area contributed by atoms with E-state index in [1.807, 2.05) is 0 Å². The molecule has 0 saturated carbocycles. The van der Waals surface area contributed by atoms with Gasteiger partial charge in [0.2, 0.25) is 5.96 Å². The smallest absolute Gasteiger partial charge is 0.251 e. The first-order valence-electron chi connectivity index (χ1n) is 6.87. The molecule has 120 valence electrons. The number of rotatable bonds is 0. The average molecular weight is 309 g/mol. The van der Waals surface area contributed by atoms with E-state index in [4.69, 9.17) is 11.1 Å². The van der Waals surface area contributed by atoms with Gasteiger partial charge in [0.25, 0.3) is 11.8 Å². The zero-order valence-corrected chi connectivity index (χ0v) is 11.6. The largest absolute Gasteiger partial charge is 0.369 e. The summed E-state index contributed by atoms with van der Waals surface area (Å²) in [6, 6.07) is 0. The molecule has 0 atom stereocenters. The Hall–Kier alpha value is -1.54. The predicted octanol–water partition coefficient (Wildman–Crippen LogP) is 1.70. The summed E-state index contributed by atoms with van der Waals surface area (Å²) in [5.41, 5.74) is 5.71. The molecular formula is C12H19F4N5. The molecule has 0 amide bonds. The first-order chi connectivity index (χ1) is 9.69. The molecule has 2 fully saturated rings. The zero-order valence-electron chi connectivity index (χ0n) is 11.6. The van der Waals surface area contributed by atoms with E-state index < -0.39 is 11.8 Å². The predicted molar refractivity (Wildman–Crippen MR) is 70.9 cm³/mol. The minimum absolute atomic E-state index is 0.00664. The molecule has 21 heavy (non-hydrogen) atoms. The first-order valence-corrected chi connectivity index (χ1v) is 6.87. The topological polar surface area (TPSA) is 68.7 Å². The lowest BCUT2D eigenvalue weighted by molar-refractivity contribution is -0.0437. The summed E-state index contributed by atoms with van der Waals surface area (Å²) < 4.78 is 52.1. The van der Waals surface area contributed by atoms with Crippen molar-refractivity contribution in [2.24, 2.45) is 10.7 Å². The molecule has 2 aliphatic heterocycles. The highest BCUT2D eigenvalue weighted by molar-refractivity contribution is 5.92. The second kappa shape index (κ2) is 5.69. The molecule has 2 saturated heterocycles. The van der Waals surface area contributed by atoms with Gasteiger partial charge in [-0.05, 0) is 0 Å². The fourth-order valence-electron chi connectivity index (χ4n) is 2.36. The van der Waals surface area contributed by atoms with Gasteiger partial charge in [0.15, 0.2) is 5.96 Å². The van der Waals surface area contributed by atoms with Crippen molar-refractivity contribution < 1.29 is 17.6 Å². The number of aliphatic imine (C=N–C) groups is 1. The lowest BCUT2D eigenvalue weighted by Crippen LogP contribution is -2.48. The zero-order chi connectivity index (χ0) is 15.7. The molecule has 0 aromatic heterocycles. The van der Waals surface area contributed by atoms with Crippen LogP contribution >= 0.6 is 0 Å². The van der Waals surface area contributed by atoms with E-state index in [1.165, 1.54) is 9.80 Å². The minimum Gasteiger partial charge on any atom is -0.369 e. The summed E-state index contributed by atoms with van der Waals surface area (Å²) >= 11 is 0. The third-order valence-electron chi connectivity index (χ3n) is 3.83. The molecule has 0 unspecified atom stereocenters. The Morgan fingerprint density at radius 1 is 0.857 bits per heavy atom. The number of hydrogen-bond acceptors (Lipinski definition) is 1. The van der Waals surface area contributed by atoms with Gasteiger partial charge < -0.3 is 15.5 Å². The molecule has 0 aromatic carbocycles. The van der Waals surface area contributed by atoms with Crippen molar-refractivity contribution in [2.75, 3.05) is 26.2 Å².